The van der Waals surface area contributed by atoms with Gasteiger partial charge in [0, 0.05) is 17.6 Å². The van der Waals surface area contributed by atoms with Crippen LogP contribution in [0.3, 0.4) is 0 Å². The molecule has 0 amide bonds. The Labute approximate surface area is 110 Å². The van der Waals surface area contributed by atoms with E-state index in [0.717, 1.165) is 11.3 Å². The van der Waals surface area contributed by atoms with Gasteiger partial charge in [-0.3, -0.25) is 4.98 Å². The van der Waals surface area contributed by atoms with Gasteiger partial charge in [-0.2, -0.15) is 0 Å². The van der Waals surface area contributed by atoms with E-state index in [9.17, 15) is 4.39 Å². The van der Waals surface area contributed by atoms with Gasteiger partial charge >= 0.3 is 0 Å². The van der Waals surface area contributed by atoms with E-state index in [1.807, 2.05) is 13.0 Å². The minimum Gasteiger partial charge on any atom is -0.388 e. The summed E-state index contributed by atoms with van der Waals surface area (Å²) in [5.41, 5.74) is 8.32. The number of hydrogen-bond donors (Lipinski definition) is 2. The van der Waals surface area contributed by atoms with E-state index in [4.69, 9.17) is 18.0 Å². The first-order valence-electron chi connectivity index (χ1n) is 5.34. The predicted molar refractivity (Wildman–Crippen MR) is 74.5 cm³/mol. The normalized spacial score (nSPS) is 10.1. The van der Waals surface area contributed by atoms with E-state index in [0.29, 0.717) is 11.4 Å². The van der Waals surface area contributed by atoms with Gasteiger partial charge in [0.05, 0.1) is 5.69 Å². The Kier molecular flexibility index (Phi) is 3.53. The van der Waals surface area contributed by atoms with Crippen molar-refractivity contribution in [1.82, 2.24) is 4.98 Å². The number of nitrogens with two attached hydrogens (primary N) is 1. The largest absolute Gasteiger partial charge is 0.388 e. The van der Waals surface area contributed by atoms with Crippen LogP contribution in [0.15, 0.2) is 36.5 Å². The maximum Gasteiger partial charge on any atom is 0.125 e. The summed E-state index contributed by atoms with van der Waals surface area (Å²) in [6.45, 7) is 1.83. The number of benzene rings is 1. The summed E-state index contributed by atoms with van der Waals surface area (Å²) in [4.78, 5) is 4.27. The topological polar surface area (TPSA) is 50.9 Å². The lowest BCUT2D eigenvalue weighted by molar-refractivity contribution is 0.627. The molecule has 1 aromatic carbocycles. The predicted octanol–water partition coefficient (Wildman–Crippen LogP) is 2.91. The summed E-state index contributed by atoms with van der Waals surface area (Å²) < 4.78 is 13.2. The minimum absolute atomic E-state index is 0.231. The number of aromatic nitrogens is 1. The molecule has 1 heterocycles. The second kappa shape index (κ2) is 5.10. The molecular formula is C13H12FN3S. The second-order valence-corrected chi connectivity index (χ2v) is 4.38. The third kappa shape index (κ3) is 3.01. The van der Waals surface area contributed by atoms with Gasteiger partial charge in [-0.25, -0.2) is 4.39 Å². The lowest BCUT2D eigenvalue weighted by atomic mass is 10.2. The van der Waals surface area contributed by atoms with Crippen LogP contribution in [0.5, 0.6) is 0 Å². The first kappa shape index (κ1) is 12.4. The summed E-state index contributed by atoms with van der Waals surface area (Å²) in [6, 6.07) is 8.24. The maximum absolute atomic E-state index is 13.2. The Morgan fingerprint density at radius 1 is 1.28 bits per heavy atom. The average Bonchev–Trinajstić information content (AvgIpc) is 2.27. The Morgan fingerprint density at radius 3 is 2.72 bits per heavy atom. The number of hydrogen-bond acceptors (Lipinski definition) is 3. The maximum atomic E-state index is 13.2. The van der Waals surface area contributed by atoms with Crippen LogP contribution in [0, 0.1) is 12.7 Å². The molecule has 0 fully saturated rings. The van der Waals surface area contributed by atoms with Gasteiger partial charge in [0.15, 0.2) is 0 Å². The van der Waals surface area contributed by atoms with Crippen LogP contribution in [0.4, 0.5) is 15.8 Å². The van der Waals surface area contributed by atoms with Gasteiger partial charge in [0.25, 0.3) is 0 Å². The van der Waals surface area contributed by atoms with Crippen molar-refractivity contribution in [1.29, 1.82) is 0 Å². The van der Waals surface area contributed by atoms with Crippen molar-refractivity contribution in [3.63, 3.8) is 0 Å². The van der Waals surface area contributed by atoms with Gasteiger partial charge in [-0.15, -0.1) is 0 Å². The van der Waals surface area contributed by atoms with E-state index >= 15 is 0 Å². The van der Waals surface area contributed by atoms with Crippen molar-refractivity contribution < 1.29 is 4.39 Å². The Bertz CT molecular complexity index is 578. The van der Waals surface area contributed by atoms with Crippen LogP contribution >= 0.6 is 12.2 Å². The highest BCUT2D eigenvalue weighted by atomic mass is 32.1. The van der Waals surface area contributed by atoms with E-state index in [1.165, 1.54) is 12.1 Å². The fraction of sp³-hybridized carbons (Fsp3) is 0.0769. The van der Waals surface area contributed by atoms with Crippen molar-refractivity contribution in [2.45, 2.75) is 6.92 Å². The second-order valence-electron chi connectivity index (χ2n) is 3.94. The molecule has 5 heteroatoms. The first-order chi connectivity index (χ1) is 8.54. The highest BCUT2D eigenvalue weighted by molar-refractivity contribution is 7.80. The van der Waals surface area contributed by atoms with Gasteiger partial charge in [-0.05, 0) is 42.8 Å². The molecular weight excluding hydrogens is 249 g/mol. The van der Waals surface area contributed by atoms with Crippen molar-refractivity contribution >= 4 is 28.6 Å². The third-order valence-corrected chi connectivity index (χ3v) is 2.55. The van der Waals surface area contributed by atoms with E-state index in [2.05, 4.69) is 10.3 Å². The molecule has 0 radical (unpaired) electrons. The number of thiocarbonyl (C=S) groups is 1. The van der Waals surface area contributed by atoms with E-state index in [-0.39, 0.29) is 10.8 Å². The summed E-state index contributed by atoms with van der Waals surface area (Å²) in [6.07, 6.45) is 1.60. The molecule has 2 aromatic rings. The average molecular weight is 261 g/mol. The summed E-state index contributed by atoms with van der Waals surface area (Å²) in [5, 5.41) is 3.09. The molecule has 0 saturated carbocycles. The fourth-order valence-electron chi connectivity index (χ4n) is 1.62. The van der Waals surface area contributed by atoms with E-state index in [1.54, 1.807) is 18.3 Å². The summed E-state index contributed by atoms with van der Waals surface area (Å²) in [5.74, 6) is -0.277. The molecule has 18 heavy (non-hydrogen) atoms. The molecule has 2 rings (SSSR count). The molecule has 3 nitrogen and oxygen atoms in total. The molecule has 3 N–H and O–H groups in total. The lowest BCUT2D eigenvalue weighted by Gasteiger charge is -2.08. The molecule has 92 valence electrons. The number of nitrogens with zero attached hydrogens (tertiary/aromatic N) is 1. The molecule has 0 aliphatic carbocycles. The van der Waals surface area contributed by atoms with Gasteiger partial charge in [0.2, 0.25) is 0 Å². The highest BCUT2D eigenvalue weighted by Crippen LogP contribution is 2.19. The molecule has 0 saturated heterocycles. The Morgan fingerprint density at radius 2 is 2.06 bits per heavy atom. The monoisotopic (exact) mass is 261 g/mol. The van der Waals surface area contributed by atoms with Crippen LogP contribution in [0.2, 0.25) is 0 Å². The Balaban J connectivity index is 2.28. The number of halogens is 1. The minimum atomic E-state index is -0.277. The highest BCUT2D eigenvalue weighted by Gasteiger charge is 2.02. The zero-order valence-corrected chi connectivity index (χ0v) is 10.6. The standard InChI is InChI=1S/C13H12FN3S/c1-8-4-9(14)6-11(5-8)17-10-2-3-16-12(7-10)13(15)18/h2-7H,1H3,(H2,15,18)(H,16,17). The number of aryl methyl sites for hydroxylation is 1. The summed E-state index contributed by atoms with van der Waals surface area (Å²) >= 11 is 4.86. The zero-order valence-electron chi connectivity index (χ0n) is 9.77. The van der Waals surface area contributed by atoms with Crippen LogP contribution in [-0.4, -0.2) is 9.97 Å². The quantitative estimate of drug-likeness (QED) is 0.834. The fourth-order valence-corrected chi connectivity index (χ4v) is 1.73. The summed E-state index contributed by atoms with van der Waals surface area (Å²) in [7, 11) is 0. The lowest BCUT2D eigenvalue weighted by Crippen LogP contribution is -2.11. The zero-order chi connectivity index (χ0) is 13.1. The molecule has 1 aromatic heterocycles. The van der Waals surface area contributed by atoms with Crippen LogP contribution < -0.4 is 11.1 Å². The molecule has 0 atom stereocenters. The van der Waals surface area contributed by atoms with Crippen LogP contribution in [-0.2, 0) is 0 Å². The van der Waals surface area contributed by atoms with Crippen molar-refractivity contribution in [2.75, 3.05) is 5.32 Å². The van der Waals surface area contributed by atoms with Gasteiger partial charge in [0.1, 0.15) is 10.8 Å². The first-order valence-corrected chi connectivity index (χ1v) is 5.75. The molecule has 0 spiro atoms. The molecule has 0 unspecified atom stereocenters. The van der Waals surface area contributed by atoms with Gasteiger partial charge in [-0.1, -0.05) is 12.2 Å². The van der Waals surface area contributed by atoms with Gasteiger partial charge < -0.3 is 11.1 Å². The number of pyridine rings is 1. The molecule has 0 bridgehead atoms. The van der Waals surface area contributed by atoms with Crippen molar-refractivity contribution in [3.05, 3.63) is 53.6 Å². The molecule has 0 aliphatic rings. The van der Waals surface area contributed by atoms with Crippen molar-refractivity contribution in [2.24, 2.45) is 5.73 Å². The smallest absolute Gasteiger partial charge is 0.125 e. The van der Waals surface area contributed by atoms with E-state index < -0.39 is 0 Å². The third-order valence-electron chi connectivity index (χ3n) is 2.34. The SMILES string of the molecule is Cc1cc(F)cc(Nc2ccnc(C(N)=S)c2)c1. The number of anilines is 2. The van der Waals surface area contributed by atoms with Crippen molar-refractivity contribution in [3.8, 4) is 0 Å². The van der Waals surface area contributed by atoms with Crippen LogP contribution in [0.1, 0.15) is 11.3 Å². The molecule has 0 aliphatic heterocycles. The number of rotatable bonds is 3. The van der Waals surface area contributed by atoms with Crippen LogP contribution in [0.25, 0.3) is 0 Å². The Hall–Kier alpha value is -2.01. The number of nitrogens with one attached hydrogen (secondary N) is 1.